The lowest BCUT2D eigenvalue weighted by Gasteiger charge is -1.99. The highest BCUT2D eigenvalue weighted by Crippen LogP contribution is 2.23. The molecule has 98 valence electrons. The summed E-state index contributed by atoms with van der Waals surface area (Å²) in [6, 6.07) is 6.43. The highest BCUT2D eigenvalue weighted by Gasteiger charge is 2.11. The summed E-state index contributed by atoms with van der Waals surface area (Å²) in [4.78, 5) is 22.9. The van der Waals surface area contributed by atoms with Gasteiger partial charge in [0.2, 0.25) is 5.82 Å². The van der Waals surface area contributed by atoms with Crippen molar-refractivity contribution in [2.24, 2.45) is 5.73 Å². The standard InChI is InChI=1S/C10H9BrN6O2/c11-7-4-2-1-3-6(7)9-14-16-17(15-9)5-8(18)13-10(12)19/h1-4H,5H2,(H3,12,13,18,19). The van der Waals surface area contributed by atoms with E-state index >= 15 is 0 Å². The molecule has 8 nitrogen and oxygen atoms in total. The van der Waals surface area contributed by atoms with Crippen molar-refractivity contribution in [1.29, 1.82) is 0 Å². The molecule has 0 radical (unpaired) electrons. The van der Waals surface area contributed by atoms with Crippen LogP contribution in [-0.4, -0.2) is 32.1 Å². The molecule has 0 fully saturated rings. The Hall–Kier alpha value is -2.29. The smallest absolute Gasteiger partial charge is 0.318 e. The minimum Gasteiger partial charge on any atom is -0.351 e. The number of amides is 3. The van der Waals surface area contributed by atoms with Gasteiger partial charge in [0, 0.05) is 10.0 Å². The number of primary amides is 1. The largest absolute Gasteiger partial charge is 0.351 e. The lowest BCUT2D eigenvalue weighted by Crippen LogP contribution is -2.37. The molecule has 0 aliphatic carbocycles. The van der Waals surface area contributed by atoms with Gasteiger partial charge >= 0.3 is 6.03 Å². The second-order valence-corrected chi connectivity index (χ2v) is 4.39. The van der Waals surface area contributed by atoms with Crippen molar-refractivity contribution in [3.8, 4) is 11.4 Å². The van der Waals surface area contributed by atoms with E-state index in [9.17, 15) is 9.59 Å². The maximum atomic E-state index is 11.3. The van der Waals surface area contributed by atoms with Crippen molar-refractivity contribution in [2.45, 2.75) is 6.54 Å². The molecule has 0 unspecified atom stereocenters. The fourth-order valence-electron chi connectivity index (χ4n) is 1.37. The van der Waals surface area contributed by atoms with E-state index in [1.54, 1.807) is 0 Å². The first-order chi connectivity index (χ1) is 9.06. The first kappa shape index (κ1) is 13.1. The molecule has 3 N–H and O–H groups in total. The predicted octanol–water partition coefficient (Wildman–Crippen LogP) is 0.297. The molecule has 3 amide bonds. The molecule has 0 spiro atoms. The molecule has 0 saturated heterocycles. The molecular weight excluding hydrogens is 316 g/mol. The number of carbonyl (C=O) groups excluding carboxylic acids is 2. The van der Waals surface area contributed by atoms with E-state index in [1.807, 2.05) is 29.6 Å². The third kappa shape index (κ3) is 3.35. The van der Waals surface area contributed by atoms with Gasteiger partial charge in [-0.25, -0.2) is 4.79 Å². The van der Waals surface area contributed by atoms with E-state index in [4.69, 9.17) is 5.73 Å². The van der Waals surface area contributed by atoms with Crippen LogP contribution in [0.5, 0.6) is 0 Å². The number of imide groups is 1. The van der Waals surface area contributed by atoms with E-state index in [0.717, 1.165) is 14.8 Å². The van der Waals surface area contributed by atoms with Crippen LogP contribution in [0.25, 0.3) is 11.4 Å². The summed E-state index contributed by atoms with van der Waals surface area (Å²) in [7, 11) is 0. The van der Waals surface area contributed by atoms with Crippen LogP contribution < -0.4 is 11.1 Å². The Morgan fingerprint density at radius 1 is 1.37 bits per heavy atom. The Bertz CT molecular complexity index is 626. The van der Waals surface area contributed by atoms with Gasteiger partial charge in [0.25, 0.3) is 5.91 Å². The highest BCUT2D eigenvalue weighted by atomic mass is 79.9. The molecule has 2 aromatic rings. The summed E-state index contributed by atoms with van der Waals surface area (Å²) in [5, 5.41) is 13.5. The summed E-state index contributed by atoms with van der Waals surface area (Å²) in [5.74, 6) is -0.233. The van der Waals surface area contributed by atoms with E-state index < -0.39 is 11.9 Å². The maximum Gasteiger partial charge on any atom is 0.318 e. The lowest BCUT2D eigenvalue weighted by atomic mass is 10.2. The molecule has 1 aromatic heterocycles. The number of rotatable bonds is 3. The molecule has 9 heteroatoms. The van der Waals surface area contributed by atoms with Crippen molar-refractivity contribution in [2.75, 3.05) is 0 Å². The van der Waals surface area contributed by atoms with E-state index in [2.05, 4.69) is 31.3 Å². The number of nitrogens with one attached hydrogen (secondary N) is 1. The van der Waals surface area contributed by atoms with Gasteiger partial charge in [-0.3, -0.25) is 10.1 Å². The number of hydrogen-bond donors (Lipinski definition) is 2. The van der Waals surface area contributed by atoms with Crippen molar-refractivity contribution in [3.05, 3.63) is 28.7 Å². The number of halogens is 1. The SMILES string of the molecule is NC(=O)NC(=O)Cn1nnc(-c2ccccc2Br)n1. The fourth-order valence-corrected chi connectivity index (χ4v) is 1.83. The van der Waals surface area contributed by atoms with Crippen LogP contribution >= 0.6 is 15.9 Å². The van der Waals surface area contributed by atoms with Crippen LogP contribution in [0.3, 0.4) is 0 Å². The van der Waals surface area contributed by atoms with Crippen molar-refractivity contribution in [1.82, 2.24) is 25.5 Å². The first-order valence-electron chi connectivity index (χ1n) is 5.18. The summed E-state index contributed by atoms with van der Waals surface area (Å²) in [6.07, 6.45) is 0. The van der Waals surface area contributed by atoms with Gasteiger partial charge in [-0.05, 0) is 17.3 Å². The summed E-state index contributed by atoms with van der Waals surface area (Å²) >= 11 is 3.37. The van der Waals surface area contributed by atoms with Crippen LogP contribution in [0.15, 0.2) is 28.7 Å². The average molecular weight is 325 g/mol. The molecule has 0 aliphatic heterocycles. The Balaban J connectivity index is 2.14. The molecular formula is C10H9BrN6O2. The Labute approximate surface area is 116 Å². The quantitative estimate of drug-likeness (QED) is 0.842. The number of tetrazole rings is 1. The minimum absolute atomic E-state index is 0.236. The molecule has 0 bridgehead atoms. The average Bonchev–Trinajstić information content (AvgIpc) is 2.76. The van der Waals surface area contributed by atoms with Gasteiger partial charge in [-0.15, -0.1) is 10.2 Å². The van der Waals surface area contributed by atoms with Gasteiger partial charge in [-0.2, -0.15) is 4.80 Å². The topological polar surface area (TPSA) is 116 Å². The van der Waals surface area contributed by atoms with Crippen LogP contribution in [-0.2, 0) is 11.3 Å². The summed E-state index contributed by atoms with van der Waals surface area (Å²) in [5.41, 5.74) is 5.57. The molecule has 1 aromatic carbocycles. The minimum atomic E-state index is -0.920. The lowest BCUT2D eigenvalue weighted by molar-refractivity contribution is -0.120. The molecule has 0 saturated carbocycles. The number of nitrogens with two attached hydrogens (primary N) is 1. The Morgan fingerprint density at radius 2 is 2.11 bits per heavy atom. The summed E-state index contributed by atoms with van der Waals surface area (Å²) < 4.78 is 0.816. The van der Waals surface area contributed by atoms with E-state index in [-0.39, 0.29) is 6.54 Å². The third-order valence-electron chi connectivity index (χ3n) is 2.12. The molecule has 2 rings (SSSR count). The van der Waals surface area contributed by atoms with Crippen LogP contribution in [0.2, 0.25) is 0 Å². The zero-order valence-electron chi connectivity index (χ0n) is 9.58. The van der Waals surface area contributed by atoms with Crippen molar-refractivity contribution < 1.29 is 9.59 Å². The van der Waals surface area contributed by atoms with Crippen molar-refractivity contribution >= 4 is 27.9 Å². The predicted molar refractivity (Wildman–Crippen MR) is 68.7 cm³/mol. The number of hydrogen-bond acceptors (Lipinski definition) is 5. The molecule has 1 heterocycles. The van der Waals surface area contributed by atoms with Gasteiger partial charge in [0.15, 0.2) is 0 Å². The Morgan fingerprint density at radius 3 is 2.79 bits per heavy atom. The Kier molecular flexibility index (Phi) is 3.85. The van der Waals surface area contributed by atoms with E-state index in [0.29, 0.717) is 5.82 Å². The second kappa shape index (κ2) is 5.57. The van der Waals surface area contributed by atoms with Gasteiger partial charge in [0.05, 0.1) is 0 Å². The van der Waals surface area contributed by atoms with E-state index in [1.165, 1.54) is 0 Å². The number of aromatic nitrogens is 4. The number of urea groups is 1. The first-order valence-corrected chi connectivity index (χ1v) is 5.97. The van der Waals surface area contributed by atoms with Crippen molar-refractivity contribution in [3.63, 3.8) is 0 Å². The van der Waals surface area contributed by atoms with Crippen LogP contribution in [0, 0.1) is 0 Å². The molecule has 0 atom stereocenters. The zero-order valence-corrected chi connectivity index (χ0v) is 11.2. The number of carbonyl (C=O) groups is 2. The number of nitrogens with zero attached hydrogens (tertiary/aromatic N) is 4. The maximum absolute atomic E-state index is 11.3. The monoisotopic (exact) mass is 324 g/mol. The van der Waals surface area contributed by atoms with Gasteiger partial charge in [-0.1, -0.05) is 28.1 Å². The molecule has 19 heavy (non-hydrogen) atoms. The number of benzene rings is 1. The highest BCUT2D eigenvalue weighted by molar-refractivity contribution is 9.10. The van der Waals surface area contributed by atoms with Gasteiger partial charge in [0.1, 0.15) is 6.54 Å². The third-order valence-corrected chi connectivity index (χ3v) is 2.81. The van der Waals surface area contributed by atoms with Crippen LogP contribution in [0.4, 0.5) is 4.79 Å². The fraction of sp³-hybridized carbons (Fsp3) is 0.100. The second-order valence-electron chi connectivity index (χ2n) is 3.54. The summed E-state index contributed by atoms with van der Waals surface area (Å²) in [6.45, 7) is -0.236. The normalized spacial score (nSPS) is 10.2. The van der Waals surface area contributed by atoms with Crippen LogP contribution in [0.1, 0.15) is 0 Å². The van der Waals surface area contributed by atoms with Gasteiger partial charge < -0.3 is 5.73 Å². The molecule has 0 aliphatic rings. The zero-order chi connectivity index (χ0) is 13.8.